The van der Waals surface area contributed by atoms with Crippen LogP contribution in [-0.2, 0) is 4.79 Å². The summed E-state index contributed by atoms with van der Waals surface area (Å²) in [5.74, 6) is -0.274. The van der Waals surface area contributed by atoms with E-state index in [0.29, 0.717) is 18.4 Å². The van der Waals surface area contributed by atoms with Crippen LogP contribution in [0.1, 0.15) is 23.2 Å². The fourth-order valence-electron chi connectivity index (χ4n) is 2.32. The first-order chi connectivity index (χ1) is 9.72. The molecule has 3 rings (SSSR count). The van der Waals surface area contributed by atoms with E-state index in [-0.39, 0.29) is 11.7 Å². The average Bonchev–Trinajstić information content (AvgIpc) is 3.30. The van der Waals surface area contributed by atoms with E-state index in [9.17, 15) is 9.59 Å². The third-order valence-electron chi connectivity index (χ3n) is 3.69. The molecule has 1 aliphatic rings. The van der Waals surface area contributed by atoms with Gasteiger partial charge in [-0.1, -0.05) is 48.5 Å². The molecule has 1 amide bonds. The van der Waals surface area contributed by atoms with Crippen LogP contribution in [0.2, 0.25) is 0 Å². The second kappa shape index (κ2) is 4.93. The Morgan fingerprint density at radius 2 is 1.40 bits per heavy atom. The highest BCUT2D eigenvalue weighted by molar-refractivity contribution is 6.19. The SMILES string of the molecule is O=C(Nc1ccccc1)C1(C(=O)c2ccccc2)CC1. The molecule has 1 N–H and O–H groups in total. The van der Waals surface area contributed by atoms with Gasteiger partial charge in [0.1, 0.15) is 5.41 Å². The van der Waals surface area contributed by atoms with E-state index in [2.05, 4.69) is 5.32 Å². The average molecular weight is 265 g/mol. The molecule has 2 aromatic carbocycles. The maximum Gasteiger partial charge on any atom is 0.238 e. The number of carbonyl (C=O) groups excluding carboxylic acids is 2. The lowest BCUT2D eigenvalue weighted by Gasteiger charge is -2.14. The Labute approximate surface area is 117 Å². The lowest BCUT2D eigenvalue weighted by molar-refractivity contribution is -0.119. The fourth-order valence-corrected chi connectivity index (χ4v) is 2.32. The minimum Gasteiger partial charge on any atom is -0.325 e. The number of carbonyl (C=O) groups is 2. The van der Waals surface area contributed by atoms with Gasteiger partial charge in [0.15, 0.2) is 5.78 Å². The molecule has 0 aromatic heterocycles. The normalized spacial score (nSPS) is 15.4. The van der Waals surface area contributed by atoms with E-state index in [1.807, 2.05) is 48.5 Å². The van der Waals surface area contributed by atoms with Crippen LogP contribution in [-0.4, -0.2) is 11.7 Å². The van der Waals surface area contributed by atoms with Crippen molar-refractivity contribution in [3.8, 4) is 0 Å². The molecule has 0 saturated heterocycles. The van der Waals surface area contributed by atoms with Gasteiger partial charge in [-0.2, -0.15) is 0 Å². The van der Waals surface area contributed by atoms with Gasteiger partial charge >= 0.3 is 0 Å². The molecule has 0 bridgehead atoms. The molecule has 0 heterocycles. The summed E-state index contributed by atoms with van der Waals surface area (Å²) in [6.07, 6.45) is 1.25. The van der Waals surface area contributed by atoms with Gasteiger partial charge in [-0.15, -0.1) is 0 Å². The number of rotatable bonds is 4. The second-order valence-corrected chi connectivity index (χ2v) is 5.10. The quantitative estimate of drug-likeness (QED) is 0.681. The number of nitrogens with one attached hydrogen (secondary N) is 1. The first-order valence-corrected chi connectivity index (χ1v) is 6.69. The van der Waals surface area contributed by atoms with Crippen LogP contribution >= 0.6 is 0 Å². The van der Waals surface area contributed by atoms with Gasteiger partial charge in [0.25, 0.3) is 0 Å². The largest absolute Gasteiger partial charge is 0.325 e. The van der Waals surface area contributed by atoms with Crippen LogP contribution in [0.15, 0.2) is 60.7 Å². The zero-order valence-corrected chi connectivity index (χ0v) is 11.0. The van der Waals surface area contributed by atoms with E-state index in [0.717, 1.165) is 5.69 Å². The van der Waals surface area contributed by atoms with Gasteiger partial charge in [0, 0.05) is 11.3 Å². The Kier molecular flexibility index (Phi) is 3.11. The lowest BCUT2D eigenvalue weighted by atomic mass is 9.93. The predicted octanol–water partition coefficient (Wildman–Crippen LogP) is 3.29. The van der Waals surface area contributed by atoms with Crippen LogP contribution in [0.25, 0.3) is 0 Å². The topological polar surface area (TPSA) is 46.2 Å². The Bertz CT molecular complexity index is 631. The van der Waals surface area contributed by atoms with E-state index in [1.165, 1.54) is 0 Å². The molecule has 1 saturated carbocycles. The first-order valence-electron chi connectivity index (χ1n) is 6.69. The summed E-state index contributed by atoms with van der Waals surface area (Å²) in [5.41, 5.74) is 0.467. The summed E-state index contributed by atoms with van der Waals surface area (Å²) < 4.78 is 0. The molecule has 1 fully saturated rings. The summed E-state index contributed by atoms with van der Waals surface area (Å²) in [4.78, 5) is 24.9. The van der Waals surface area contributed by atoms with E-state index < -0.39 is 5.41 Å². The summed E-state index contributed by atoms with van der Waals surface area (Å²) in [5, 5.41) is 2.84. The number of hydrogen-bond acceptors (Lipinski definition) is 2. The minimum absolute atomic E-state index is 0.0773. The predicted molar refractivity (Wildman–Crippen MR) is 77.5 cm³/mol. The molecule has 1 aliphatic carbocycles. The standard InChI is InChI=1S/C17H15NO2/c19-15(13-7-3-1-4-8-13)17(11-12-17)16(20)18-14-9-5-2-6-10-14/h1-10H,11-12H2,(H,18,20). The molecule has 0 atom stereocenters. The molecule has 0 radical (unpaired) electrons. The van der Waals surface area contributed by atoms with Crippen molar-refractivity contribution >= 4 is 17.4 Å². The van der Waals surface area contributed by atoms with Gasteiger partial charge in [0.05, 0.1) is 0 Å². The first kappa shape index (κ1) is 12.6. The number of anilines is 1. The van der Waals surface area contributed by atoms with Crippen molar-refractivity contribution in [1.29, 1.82) is 0 Å². The Balaban J connectivity index is 1.79. The van der Waals surface area contributed by atoms with E-state index in [4.69, 9.17) is 0 Å². The van der Waals surface area contributed by atoms with Gasteiger partial charge < -0.3 is 5.32 Å². The Morgan fingerprint density at radius 3 is 1.95 bits per heavy atom. The minimum atomic E-state index is -0.864. The van der Waals surface area contributed by atoms with Crippen molar-refractivity contribution in [2.45, 2.75) is 12.8 Å². The third-order valence-corrected chi connectivity index (χ3v) is 3.69. The van der Waals surface area contributed by atoms with Crippen LogP contribution in [0, 0.1) is 5.41 Å². The second-order valence-electron chi connectivity index (χ2n) is 5.10. The lowest BCUT2D eigenvalue weighted by Crippen LogP contribution is -2.31. The summed E-state index contributed by atoms with van der Waals surface area (Å²) in [7, 11) is 0. The Hall–Kier alpha value is -2.42. The van der Waals surface area contributed by atoms with Crippen molar-refractivity contribution in [2.24, 2.45) is 5.41 Å². The van der Waals surface area contributed by atoms with Crippen LogP contribution in [0.5, 0.6) is 0 Å². The highest BCUT2D eigenvalue weighted by Gasteiger charge is 2.56. The molecule has 2 aromatic rings. The van der Waals surface area contributed by atoms with Gasteiger partial charge in [-0.25, -0.2) is 0 Å². The van der Waals surface area contributed by atoms with Gasteiger partial charge in [0.2, 0.25) is 5.91 Å². The molecular formula is C17H15NO2. The number of hydrogen-bond donors (Lipinski definition) is 1. The molecule has 0 spiro atoms. The molecule has 100 valence electrons. The van der Waals surface area contributed by atoms with Crippen LogP contribution in [0.4, 0.5) is 5.69 Å². The highest BCUT2D eigenvalue weighted by Crippen LogP contribution is 2.49. The number of benzene rings is 2. The van der Waals surface area contributed by atoms with E-state index in [1.54, 1.807) is 12.1 Å². The smallest absolute Gasteiger partial charge is 0.238 e. The molecule has 3 nitrogen and oxygen atoms in total. The summed E-state index contributed by atoms with van der Waals surface area (Å²) in [6.45, 7) is 0. The molecule has 0 unspecified atom stereocenters. The molecule has 3 heteroatoms. The number of ketones is 1. The van der Waals surface area contributed by atoms with Gasteiger partial charge in [-0.3, -0.25) is 9.59 Å². The zero-order chi connectivity index (χ0) is 14.0. The number of amides is 1. The summed E-state index contributed by atoms with van der Waals surface area (Å²) >= 11 is 0. The highest BCUT2D eigenvalue weighted by atomic mass is 16.2. The van der Waals surface area contributed by atoms with Crippen molar-refractivity contribution in [2.75, 3.05) is 5.32 Å². The van der Waals surface area contributed by atoms with Crippen LogP contribution in [0.3, 0.4) is 0 Å². The van der Waals surface area contributed by atoms with Crippen molar-refractivity contribution in [3.63, 3.8) is 0 Å². The number of para-hydroxylation sites is 1. The van der Waals surface area contributed by atoms with Crippen molar-refractivity contribution < 1.29 is 9.59 Å². The molecule has 20 heavy (non-hydrogen) atoms. The molecule has 0 aliphatic heterocycles. The van der Waals surface area contributed by atoms with Crippen LogP contribution < -0.4 is 5.32 Å². The number of Topliss-reactive ketones (excluding diaryl/α,β-unsaturated/α-hetero) is 1. The van der Waals surface area contributed by atoms with Crippen molar-refractivity contribution in [1.82, 2.24) is 0 Å². The fraction of sp³-hybridized carbons (Fsp3) is 0.176. The van der Waals surface area contributed by atoms with Crippen molar-refractivity contribution in [3.05, 3.63) is 66.2 Å². The van der Waals surface area contributed by atoms with Gasteiger partial charge in [-0.05, 0) is 25.0 Å². The Morgan fingerprint density at radius 1 is 0.850 bits per heavy atom. The monoisotopic (exact) mass is 265 g/mol. The molecular weight excluding hydrogens is 250 g/mol. The zero-order valence-electron chi connectivity index (χ0n) is 11.0. The summed E-state index contributed by atoms with van der Waals surface area (Å²) in [6, 6.07) is 18.3. The maximum atomic E-state index is 12.5. The maximum absolute atomic E-state index is 12.5. The third kappa shape index (κ3) is 2.23. The van der Waals surface area contributed by atoms with E-state index >= 15 is 0 Å².